The van der Waals surface area contributed by atoms with Gasteiger partial charge in [-0.3, -0.25) is 4.79 Å². The van der Waals surface area contributed by atoms with Crippen molar-refractivity contribution in [2.24, 2.45) is 0 Å². The molecule has 1 aliphatic rings. The van der Waals surface area contributed by atoms with Crippen molar-refractivity contribution < 1.29 is 17.9 Å². The van der Waals surface area contributed by atoms with Gasteiger partial charge in [-0.15, -0.1) is 0 Å². The lowest BCUT2D eigenvalue weighted by molar-refractivity contribution is 0.0708. The maximum atomic E-state index is 12.8. The number of ether oxygens (including phenoxy) is 1. The molecule has 150 valence electrons. The van der Waals surface area contributed by atoms with E-state index in [2.05, 4.69) is 4.72 Å². The number of methoxy groups -OCH3 is 1. The number of amides is 1. The molecule has 0 unspecified atom stereocenters. The number of carbonyl (C=O) groups excluding carboxylic acids is 1. The van der Waals surface area contributed by atoms with E-state index < -0.39 is 10.0 Å². The number of hydrogen-bond donors (Lipinski definition) is 1. The number of sulfonamides is 1. The van der Waals surface area contributed by atoms with E-state index in [1.807, 2.05) is 6.92 Å². The number of nitrogens with zero attached hydrogens (tertiary/aromatic N) is 1. The number of aryl methyl sites for hydroxylation is 1. The average molecular weight is 423 g/mol. The van der Waals surface area contributed by atoms with Gasteiger partial charge in [-0.2, -0.15) is 0 Å². The zero-order valence-electron chi connectivity index (χ0n) is 15.8. The van der Waals surface area contributed by atoms with Crippen LogP contribution in [0, 0.1) is 6.92 Å². The lowest BCUT2D eigenvalue weighted by Crippen LogP contribution is -2.46. The van der Waals surface area contributed by atoms with E-state index in [0.29, 0.717) is 42.3 Å². The molecular formula is C20H23ClN2O4S. The first kappa shape index (κ1) is 20.6. The van der Waals surface area contributed by atoms with Gasteiger partial charge in [-0.25, -0.2) is 13.1 Å². The van der Waals surface area contributed by atoms with Crippen LogP contribution in [-0.4, -0.2) is 45.5 Å². The number of likely N-dealkylation sites (tertiary alicyclic amines) is 1. The van der Waals surface area contributed by atoms with Gasteiger partial charge >= 0.3 is 0 Å². The number of carbonyl (C=O) groups is 1. The monoisotopic (exact) mass is 422 g/mol. The van der Waals surface area contributed by atoms with Crippen molar-refractivity contribution in [2.75, 3.05) is 20.2 Å². The van der Waals surface area contributed by atoms with E-state index in [1.165, 1.54) is 7.11 Å². The van der Waals surface area contributed by atoms with Crippen molar-refractivity contribution in [3.63, 3.8) is 0 Å². The topological polar surface area (TPSA) is 75.7 Å². The number of nitrogens with one attached hydrogen (secondary N) is 1. The second-order valence-corrected chi connectivity index (χ2v) is 9.00. The van der Waals surface area contributed by atoms with Gasteiger partial charge in [0.2, 0.25) is 10.0 Å². The molecule has 2 aromatic carbocycles. The quantitative estimate of drug-likeness (QED) is 0.802. The van der Waals surface area contributed by atoms with E-state index in [4.69, 9.17) is 16.3 Å². The van der Waals surface area contributed by atoms with Gasteiger partial charge in [0.25, 0.3) is 5.91 Å². The molecule has 3 rings (SSSR count). The first-order chi connectivity index (χ1) is 13.3. The van der Waals surface area contributed by atoms with Gasteiger partial charge in [0.05, 0.1) is 17.6 Å². The molecule has 0 saturated carbocycles. The zero-order valence-corrected chi connectivity index (χ0v) is 17.4. The van der Waals surface area contributed by atoms with Crippen molar-refractivity contribution in [1.29, 1.82) is 0 Å². The summed E-state index contributed by atoms with van der Waals surface area (Å²) in [7, 11) is -2.08. The fourth-order valence-electron chi connectivity index (χ4n) is 3.22. The molecule has 0 atom stereocenters. The SMILES string of the molecule is COc1cc(Cl)ccc1C(=O)N1CCC(NS(=O)(=O)c2ccc(C)cc2)CC1. The molecule has 0 spiro atoms. The Morgan fingerprint density at radius 2 is 1.79 bits per heavy atom. The second-order valence-electron chi connectivity index (χ2n) is 6.85. The van der Waals surface area contributed by atoms with Gasteiger partial charge in [0.1, 0.15) is 5.75 Å². The molecule has 1 N–H and O–H groups in total. The molecule has 1 heterocycles. The maximum absolute atomic E-state index is 12.8. The molecule has 1 saturated heterocycles. The minimum Gasteiger partial charge on any atom is -0.496 e. The Labute approximate surface area is 170 Å². The van der Waals surface area contributed by atoms with Gasteiger partial charge < -0.3 is 9.64 Å². The predicted molar refractivity (Wildman–Crippen MR) is 108 cm³/mol. The highest BCUT2D eigenvalue weighted by molar-refractivity contribution is 7.89. The van der Waals surface area contributed by atoms with Gasteiger partial charge in [0, 0.05) is 24.2 Å². The van der Waals surface area contributed by atoms with E-state index in [9.17, 15) is 13.2 Å². The third-order valence-corrected chi connectivity index (χ3v) is 6.60. The molecule has 8 heteroatoms. The molecule has 28 heavy (non-hydrogen) atoms. The molecule has 1 amide bonds. The summed E-state index contributed by atoms with van der Waals surface area (Å²) in [6, 6.07) is 11.5. The summed E-state index contributed by atoms with van der Waals surface area (Å²) in [5.74, 6) is 0.285. The summed E-state index contributed by atoms with van der Waals surface area (Å²) in [5, 5.41) is 0.498. The van der Waals surface area contributed by atoms with E-state index in [-0.39, 0.29) is 16.8 Å². The lowest BCUT2D eigenvalue weighted by Gasteiger charge is -2.32. The number of rotatable bonds is 5. The molecule has 0 radical (unpaired) electrons. The molecule has 6 nitrogen and oxygen atoms in total. The van der Waals surface area contributed by atoms with E-state index in [0.717, 1.165) is 5.56 Å². The van der Waals surface area contributed by atoms with Crippen LogP contribution in [0.25, 0.3) is 0 Å². The van der Waals surface area contributed by atoms with Crippen LogP contribution >= 0.6 is 11.6 Å². The van der Waals surface area contributed by atoms with E-state index in [1.54, 1.807) is 47.4 Å². The minimum absolute atomic E-state index is 0.145. The van der Waals surface area contributed by atoms with Crippen LogP contribution < -0.4 is 9.46 Å². The lowest BCUT2D eigenvalue weighted by atomic mass is 10.0. The normalized spacial score (nSPS) is 15.5. The Balaban J connectivity index is 1.63. The Morgan fingerprint density at radius 1 is 1.14 bits per heavy atom. The van der Waals surface area contributed by atoms with Crippen LogP contribution in [0.15, 0.2) is 47.4 Å². The first-order valence-electron chi connectivity index (χ1n) is 9.02. The Bertz CT molecular complexity index is 953. The standard InChI is InChI=1S/C20H23ClN2O4S/c1-14-3-6-17(7-4-14)28(25,26)22-16-9-11-23(12-10-16)20(24)18-8-5-15(21)13-19(18)27-2/h3-8,13,16,22H,9-12H2,1-2H3. The maximum Gasteiger partial charge on any atom is 0.257 e. The summed E-state index contributed by atoms with van der Waals surface area (Å²) in [4.78, 5) is 14.8. The van der Waals surface area contributed by atoms with Crippen LogP contribution in [0.5, 0.6) is 5.75 Å². The highest BCUT2D eigenvalue weighted by Gasteiger charge is 2.28. The summed E-state index contributed by atoms with van der Waals surface area (Å²) < 4.78 is 33.1. The summed E-state index contributed by atoms with van der Waals surface area (Å²) in [6.45, 7) is 2.84. The molecule has 1 aliphatic heterocycles. The molecule has 1 fully saturated rings. The average Bonchev–Trinajstić information content (AvgIpc) is 2.68. The van der Waals surface area contributed by atoms with Crippen molar-refractivity contribution in [3.05, 3.63) is 58.6 Å². The van der Waals surface area contributed by atoms with Crippen LogP contribution in [0.1, 0.15) is 28.8 Å². The number of benzene rings is 2. The summed E-state index contributed by atoms with van der Waals surface area (Å²) in [5.41, 5.74) is 1.45. The summed E-state index contributed by atoms with van der Waals surface area (Å²) >= 11 is 5.96. The second kappa shape index (κ2) is 8.51. The molecule has 0 aliphatic carbocycles. The number of piperidine rings is 1. The Morgan fingerprint density at radius 3 is 2.39 bits per heavy atom. The smallest absolute Gasteiger partial charge is 0.257 e. The van der Waals surface area contributed by atoms with Crippen molar-refractivity contribution in [3.8, 4) is 5.75 Å². The molecule has 0 bridgehead atoms. The van der Waals surface area contributed by atoms with Crippen molar-refractivity contribution in [1.82, 2.24) is 9.62 Å². The largest absolute Gasteiger partial charge is 0.496 e. The molecule has 2 aromatic rings. The van der Waals surface area contributed by atoms with Gasteiger partial charge in [-0.05, 0) is 50.1 Å². The van der Waals surface area contributed by atoms with Crippen LogP contribution in [0.3, 0.4) is 0 Å². The predicted octanol–water partition coefficient (Wildman–Crippen LogP) is 3.24. The third kappa shape index (κ3) is 4.66. The highest BCUT2D eigenvalue weighted by Crippen LogP contribution is 2.26. The van der Waals surface area contributed by atoms with Gasteiger partial charge in [-0.1, -0.05) is 29.3 Å². The van der Waals surface area contributed by atoms with Crippen LogP contribution in [0.4, 0.5) is 0 Å². The fourth-order valence-corrected chi connectivity index (χ4v) is 4.68. The van der Waals surface area contributed by atoms with Gasteiger partial charge in [0.15, 0.2) is 0 Å². The third-order valence-electron chi connectivity index (χ3n) is 4.83. The minimum atomic E-state index is -3.57. The Kier molecular flexibility index (Phi) is 6.27. The first-order valence-corrected chi connectivity index (χ1v) is 10.9. The van der Waals surface area contributed by atoms with Crippen LogP contribution in [0.2, 0.25) is 5.02 Å². The number of halogens is 1. The van der Waals surface area contributed by atoms with E-state index >= 15 is 0 Å². The molecule has 0 aromatic heterocycles. The number of hydrogen-bond acceptors (Lipinski definition) is 4. The Hall–Kier alpha value is -2.09. The highest BCUT2D eigenvalue weighted by atomic mass is 35.5. The fraction of sp³-hybridized carbons (Fsp3) is 0.350. The zero-order chi connectivity index (χ0) is 20.3. The molecular weight excluding hydrogens is 400 g/mol. The van der Waals surface area contributed by atoms with Crippen molar-refractivity contribution >= 4 is 27.5 Å². The van der Waals surface area contributed by atoms with Crippen LogP contribution in [-0.2, 0) is 10.0 Å². The summed E-state index contributed by atoms with van der Waals surface area (Å²) in [6.07, 6.45) is 1.10. The van der Waals surface area contributed by atoms with Crippen molar-refractivity contribution in [2.45, 2.75) is 30.7 Å².